The molecule has 1 aromatic rings. The maximum atomic E-state index is 12.9. The minimum atomic E-state index is -0.254. The average molecular weight is 282 g/mol. The monoisotopic (exact) mass is 282 g/mol. The number of carbonyl (C=O) groups excluding carboxylic acids is 1. The van der Waals surface area contributed by atoms with E-state index in [0.717, 1.165) is 5.56 Å². The van der Waals surface area contributed by atoms with Crippen molar-refractivity contribution in [2.75, 3.05) is 33.4 Å². The fraction of sp³-hybridized carbons (Fsp3) is 0.533. The van der Waals surface area contributed by atoms with Crippen molar-refractivity contribution in [2.24, 2.45) is 0 Å². The van der Waals surface area contributed by atoms with E-state index in [0.29, 0.717) is 19.7 Å². The van der Waals surface area contributed by atoms with Crippen LogP contribution in [0.25, 0.3) is 0 Å². The molecule has 0 aliphatic heterocycles. The lowest BCUT2D eigenvalue weighted by molar-refractivity contribution is -0.120. The first-order valence-electron chi connectivity index (χ1n) is 6.68. The Kier molecular flexibility index (Phi) is 6.61. The molecular weight excluding hydrogens is 259 g/mol. The second kappa shape index (κ2) is 7.97. The van der Waals surface area contributed by atoms with E-state index >= 15 is 0 Å². The Bertz CT molecular complexity index is 418. The summed E-state index contributed by atoms with van der Waals surface area (Å²) in [5.41, 5.74) is 0.752. The van der Waals surface area contributed by atoms with E-state index in [2.05, 4.69) is 10.6 Å². The van der Waals surface area contributed by atoms with Gasteiger partial charge in [0.2, 0.25) is 5.91 Å². The van der Waals surface area contributed by atoms with Crippen molar-refractivity contribution < 1.29 is 13.9 Å². The molecule has 0 heterocycles. The van der Waals surface area contributed by atoms with Crippen LogP contribution in [0.2, 0.25) is 0 Å². The first kappa shape index (κ1) is 16.6. The second-order valence-electron chi connectivity index (χ2n) is 5.34. The van der Waals surface area contributed by atoms with Crippen LogP contribution in [-0.4, -0.2) is 39.3 Å². The Balaban J connectivity index is 2.39. The topological polar surface area (TPSA) is 50.4 Å². The summed E-state index contributed by atoms with van der Waals surface area (Å²) in [5.74, 6) is -0.313. The molecule has 0 unspecified atom stereocenters. The summed E-state index contributed by atoms with van der Waals surface area (Å²) in [6, 6.07) is 6.37. The zero-order valence-electron chi connectivity index (χ0n) is 12.3. The van der Waals surface area contributed by atoms with Gasteiger partial charge in [0.15, 0.2) is 0 Å². The standard InChI is InChI=1S/C15H23FN2O2/c1-15(2,12-4-6-13(16)7-5-12)11-18-14(19)10-17-8-9-20-3/h4-7,17H,8-11H2,1-3H3,(H,18,19). The molecule has 0 saturated heterocycles. The third-order valence-electron chi connectivity index (χ3n) is 3.12. The van der Waals surface area contributed by atoms with Gasteiger partial charge in [-0.1, -0.05) is 26.0 Å². The molecule has 112 valence electrons. The van der Waals surface area contributed by atoms with Gasteiger partial charge >= 0.3 is 0 Å². The third-order valence-corrected chi connectivity index (χ3v) is 3.12. The number of nitrogens with one attached hydrogen (secondary N) is 2. The number of hydrogen-bond donors (Lipinski definition) is 2. The van der Waals surface area contributed by atoms with Crippen molar-refractivity contribution in [3.8, 4) is 0 Å². The first-order chi connectivity index (χ1) is 9.45. The van der Waals surface area contributed by atoms with Gasteiger partial charge in [-0.05, 0) is 17.7 Å². The Morgan fingerprint density at radius 3 is 2.55 bits per heavy atom. The van der Waals surface area contributed by atoms with Crippen molar-refractivity contribution >= 4 is 5.91 Å². The number of rotatable bonds is 8. The van der Waals surface area contributed by atoms with Gasteiger partial charge in [-0.15, -0.1) is 0 Å². The number of benzene rings is 1. The van der Waals surface area contributed by atoms with Crippen molar-refractivity contribution in [1.29, 1.82) is 0 Å². The third kappa shape index (κ3) is 5.67. The summed E-state index contributed by atoms with van der Waals surface area (Å²) in [5, 5.41) is 5.86. The molecule has 1 rings (SSSR count). The molecule has 0 bridgehead atoms. The molecule has 1 amide bonds. The van der Waals surface area contributed by atoms with Crippen molar-refractivity contribution in [3.63, 3.8) is 0 Å². The molecule has 0 aliphatic rings. The van der Waals surface area contributed by atoms with E-state index in [-0.39, 0.29) is 23.7 Å². The number of carbonyl (C=O) groups is 1. The highest BCUT2D eigenvalue weighted by Gasteiger charge is 2.21. The average Bonchev–Trinajstić information content (AvgIpc) is 2.42. The maximum Gasteiger partial charge on any atom is 0.233 e. The highest BCUT2D eigenvalue weighted by atomic mass is 19.1. The largest absolute Gasteiger partial charge is 0.383 e. The van der Waals surface area contributed by atoms with Gasteiger partial charge < -0.3 is 15.4 Å². The predicted molar refractivity (Wildman–Crippen MR) is 77.2 cm³/mol. The van der Waals surface area contributed by atoms with Gasteiger partial charge in [-0.3, -0.25) is 4.79 Å². The van der Waals surface area contributed by atoms with E-state index in [1.807, 2.05) is 13.8 Å². The zero-order chi connectivity index (χ0) is 15.0. The van der Waals surface area contributed by atoms with E-state index < -0.39 is 0 Å². The minimum Gasteiger partial charge on any atom is -0.383 e. The molecular formula is C15H23FN2O2. The van der Waals surface area contributed by atoms with Gasteiger partial charge in [0.05, 0.1) is 13.2 Å². The molecule has 0 aromatic heterocycles. The van der Waals surface area contributed by atoms with Crippen LogP contribution >= 0.6 is 0 Å². The van der Waals surface area contributed by atoms with Gasteiger partial charge in [0.25, 0.3) is 0 Å². The van der Waals surface area contributed by atoms with Crippen LogP contribution in [0.1, 0.15) is 19.4 Å². The summed E-state index contributed by atoms with van der Waals surface area (Å²) in [4.78, 5) is 11.7. The van der Waals surface area contributed by atoms with E-state index in [1.54, 1.807) is 19.2 Å². The number of hydrogen-bond acceptors (Lipinski definition) is 3. The number of amides is 1. The molecule has 0 radical (unpaired) electrons. The summed E-state index contributed by atoms with van der Waals surface area (Å²) in [6.45, 7) is 6.02. The van der Waals surface area contributed by atoms with Gasteiger partial charge in [-0.25, -0.2) is 4.39 Å². The molecule has 2 N–H and O–H groups in total. The van der Waals surface area contributed by atoms with Gasteiger partial charge in [0, 0.05) is 25.6 Å². The van der Waals surface area contributed by atoms with Crippen molar-refractivity contribution in [2.45, 2.75) is 19.3 Å². The maximum absolute atomic E-state index is 12.9. The Morgan fingerprint density at radius 1 is 1.30 bits per heavy atom. The summed E-state index contributed by atoms with van der Waals surface area (Å²) in [6.07, 6.45) is 0. The van der Waals surface area contributed by atoms with Gasteiger partial charge in [-0.2, -0.15) is 0 Å². The quantitative estimate of drug-likeness (QED) is 0.710. The van der Waals surface area contributed by atoms with Gasteiger partial charge in [0.1, 0.15) is 5.82 Å². The first-order valence-corrected chi connectivity index (χ1v) is 6.68. The van der Waals surface area contributed by atoms with E-state index in [9.17, 15) is 9.18 Å². The Morgan fingerprint density at radius 2 is 1.95 bits per heavy atom. The lowest BCUT2D eigenvalue weighted by Gasteiger charge is -2.25. The molecule has 1 aromatic carbocycles. The number of methoxy groups -OCH3 is 1. The normalized spacial score (nSPS) is 11.4. The van der Waals surface area contributed by atoms with Crippen LogP contribution in [0.4, 0.5) is 4.39 Å². The minimum absolute atomic E-state index is 0.0590. The molecule has 0 spiro atoms. The summed E-state index contributed by atoms with van der Waals surface area (Å²) in [7, 11) is 1.62. The molecule has 0 fully saturated rings. The van der Waals surface area contributed by atoms with Crippen LogP contribution in [0.15, 0.2) is 24.3 Å². The van der Waals surface area contributed by atoms with Crippen LogP contribution in [0.5, 0.6) is 0 Å². The Hall–Kier alpha value is -1.46. The molecule has 0 atom stereocenters. The smallest absolute Gasteiger partial charge is 0.233 e. The molecule has 4 nitrogen and oxygen atoms in total. The van der Waals surface area contributed by atoms with Crippen molar-refractivity contribution in [1.82, 2.24) is 10.6 Å². The Labute approximate surface area is 119 Å². The fourth-order valence-corrected chi connectivity index (χ4v) is 1.76. The molecule has 0 saturated carbocycles. The molecule has 0 aliphatic carbocycles. The van der Waals surface area contributed by atoms with Crippen LogP contribution < -0.4 is 10.6 Å². The van der Waals surface area contributed by atoms with Crippen LogP contribution in [-0.2, 0) is 14.9 Å². The lowest BCUT2D eigenvalue weighted by Crippen LogP contribution is -2.41. The predicted octanol–water partition coefficient (Wildman–Crippen LogP) is 1.46. The second-order valence-corrected chi connectivity index (χ2v) is 5.34. The zero-order valence-corrected chi connectivity index (χ0v) is 12.3. The fourth-order valence-electron chi connectivity index (χ4n) is 1.76. The number of ether oxygens (including phenoxy) is 1. The highest BCUT2D eigenvalue weighted by molar-refractivity contribution is 5.78. The van der Waals surface area contributed by atoms with Crippen molar-refractivity contribution in [3.05, 3.63) is 35.6 Å². The van der Waals surface area contributed by atoms with Crippen LogP contribution in [0, 0.1) is 5.82 Å². The highest BCUT2D eigenvalue weighted by Crippen LogP contribution is 2.22. The molecule has 20 heavy (non-hydrogen) atoms. The molecule has 5 heteroatoms. The summed E-state index contributed by atoms with van der Waals surface area (Å²) < 4.78 is 17.8. The SMILES string of the molecule is COCCNCC(=O)NCC(C)(C)c1ccc(F)cc1. The summed E-state index contributed by atoms with van der Waals surface area (Å²) >= 11 is 0. The van der Waals surface area contributed by atoms with E-state index in [4.69, 9.17) is 4.74 Å². The van der Waals surface area contributed by atoms with E-state index in [1.165, 1.54) is 12.1 Å². The lowest BCUT2D eigenvalue weighted by atomic mass is 9.84. The van der Waals surface area contributed by atoms with Crippen LogP contribution in [0.3, 0.4) is 0 Å². The number of halogens is 1.